The number of benzene rings is 1. The van der Waals surface area contributed by atoms with Crippen LogP contribution in [0.25, 0.3) is 0 Å². The van der Waals surface area contributed by atoms with Gasteiger partial charge in [-0.15, -0.1) is 0 Å². The Labute approximate surface area is 229 Å². The van der Waals surface area contributed by atoms with E-state index in [1.54, 1.807) is 24.3 Å². The molecule has 0 radical (unpaired) electrons. The van der Waals surface area contributed by atoms with Crippen LogP contribution in [0.5, 0.6) is 0 Å². The Balaban J connectivity index is 2.11. The van der Waals surface area contributed by atoms with Crippen LogP contribution in [0, 0.1) is 17.8 Å². The molecule has 0 aliphatic carbocycles. The lowest BCUT2D eigenvalue weighted by atomic mass is 9.86. The molecule has 0 bridgehead atoms. The van der Waals surface area contributed by atoms with Gasteiger partial charge in [-0.2, -0.15) is 0 Å². The van der Waals surface area contributed by atoms with Gasteiger partial charge in [0, 0.05) is 55.9 Å². The molecule has 10 heteroatoms. The van der Waals surface area contributed by atoms with Crippen molar-refractivity contribution in [1.29, 1.82) is 0 Å². The van der Waals surface area contributed by atoms with Crippen LogP contribution in [-0.2, 0) is 19.2 Å². The molecule has 1 aliphatic rings. The van der Waals surface area contributed by atoms with E-state index in [0.29, 0.717) is 50.0 Å². The van der Waals surface area contributed by atoms with Gasteiger partial charge < -0.3 is 21.3 Å². The SMILES string of the molecule is C=C(N)NCCC[C@H](CC(=O)[C@@H]1CCCN1C(=O)[C@@H](CC(=O)c1cccc(NC(C)=O)c1)C(C)C)C(=O)CF. The van der Waals surface area contributed by atoms with Crippen molar-refractivity contribution in [2.24, 2.45) is 23.5 Å². The summed E-state index contributed by atoms with van der Waals surface area (Å²) in [6.07, 6.45) is 1.74. The van der Waals surface area contributed by atoms with Crippen LogP contribution in [0.15, 0.2) is 36.7 Å². The number of nitrogens with one attached hydrogen (secondary N) is 2. The molecule has 9 nitrogen and oxygen atoms in total. The number of amides is 2. The lowest BCUT2D eigenvalue weighted by Crippen LogP contribution is -2.45. The third kappa shape index (κ3) is 9.60. The van der Waals surface area contributed by atoms with Gasteiger partial charge in [-0.05, 0) is 43.7 Å². The normalized spacial score (nSPS) is 16.4. The summed E-state index contributed by atoms with van der Waals surface area (Å²) in [5.41, 5.74) is 6.35. The monoisotopic (exact) mass is 544 g/mol. The Kier molecular flexibility index (Phi) is 12.3. The van der Waals surface area contributed by atoms with E-state index >= 15 is 0 Å². The summed E-state index contributed by atoms with van der Waals surface area (Å²) in [7, 11) is 0. The highest BCUT2D eigenvalue weighted by atomic mass is 19.1. The zero-order valence-electron chi connectivity index (χ0n) is 23.1. The van der Waals surface area contributed by atoms with Gasteiger partial charge in [-0.25, -0.2) is 4.39 Å². The van der Waals surface area contributed by atoms with Gasteiger partial charge in [0.2, 0.25) is 11.8 Å². The van der Waals surface area contributed by atoms with Crippen LogP contribution in [0.4, 0.5) is 10.1 Å². The average Bonchev–Trinajstić information content (AvgIpc) is 3.37. The molecule has 3 atom stereocenters. The maximum Gasteiger partial charge on any atom is 0.227 e. The minimum Gasteiger partial charge on any atom is -0.386 e. The van der Waals surface area contributed by atoms with Gasteiger partial charge in [0.05, 0.1) is 11.9 Å². The van der Waals surface area contributed by atoms with Gasteiger partial charge in [0.15, 0.2) is 17.3 Å². The van der Waals surface area contributed by atoms with Crippen molar-refractivity contribution in [3.8, 4) is 0 Å². The molecular weight excluding hydrogens is 503 g/mol. The second kappa shape index (κ2) is 15.1. The van der Waals surface area contributed by atoms with E-state index in [1.807, 2.05) is 13.8 Å². The summed E-state index contributed by atoms with van der Waals surface area (Å²) >= 11 is 0. The number of carbonyl (C=O) groups is 5. The molecule has 39 heavy (non-hydrogen) atoms. The molecule has 0 spiro atoms. The maximum absolute atomic E-state index is 13.6. The van der Waals surface area contributed by atoms with Crippen LogP contribution in [0.1, 0.15) is 69.7 Å². The number of nitrogens with two attached hydrogens (primary N) is 1. The summed E-state index contributed by atoms with van der Waals surface area (Å²) in [4.78, 5) is 65.1. The van der Waals surface area contributed by atoms with Crippen molar-refractivity contribution in [1.82, 2.24) is 10.2 Å². The predicted molar refractivity (Wildman–Crippen MR) is 147 cm³/mol. The van der Waals surface area contributed by atoms with Crippen LogP contribution in [0.3, 0.4) is 0 Å². The third-order valence-electron chi connectivity index (χ3n) is 7.06. The molecule has 1 aromatic carbocycles. The number of likely N-dealkylation sites (tertiary alicyclic amines) is 1. The molecule has 0 unspecified atom stereocenters. The Morgan fingerprint density at radius 3 is 2.51 bits per heavy atom. The fourth-order valence-electron chi connectivity index (χ4n) is 4.94. The van der Waals surface area contributed by atoms with E-state index in [1.165, 1.54) is 11.8 Å². The Bertz CT molecular complexity index is 1070. The van der Waals surface area contributed by atoms with Gasteiger partial charge in [-0.1, -0.05) is 32.6 Å². The number of hydrogen-bond acceptors (Lipinski definition) is 7. The van der Waals surface area contributed by atoms with Crippen molar-refractivity contribution < 1.29 is 28.4 Å². The Hall–Kier alpha value is -3.56. The highest BCUT2D eigenvalue weighted by Gasteiger charge is 2.39. The molecule has 0 saturated carbocycles. The number of Topliss-reactive ketones (excluding diaryl/α,β-unsaturated/α-hetero) is 3. The second-order valence-corrected chi connectivity index (χ2v) is 10.5. The van der Waals surface area contributed by atoms with E-state index < -0.39 is 30.3 Å². The first kappa shape index (κ1) is 31.7. The van der Waals surface area contributed by atoms with Gasteiger partial charge >= 0.3 is 0 Å². The number of halogens is 1. The number of carbonyl (C=O) groups excluding carboxylic acids is 5. The van der Waals surface area contributed by atoms with Gasteiger partial charge in [0.1, 0.15) is 6.67 Å². The van der Waals surface area contributed by atoms with Crippen molar-refractivity contribution >= 4 is 34.9 Å². The number of ketones is 3. The maximum atomic E-state index is 13.6. The highest BCUT2D eigenvalue weighted by Crippen LogP contribution is 2.29. The molecule has 2 amide bonds. The van der Waals surface area contributed by atoms with Crippen LogP contribution in [-0.4, -0.2) is 59.9 Å². The summed E-state index contributed by atoms with van der Waals surface area (Å²) in [5, 5.41) is 5.49. The van der Waals surface area contributed by atoms with E-state index in [2.05, 4.69) is 17.2 Å². The first-order chi connectivity index (χ1) is 18.4. The smallest absolute Gasteiger partial charge is 0.227 e. The van der Waals surface area contributed by atoms with E-state index in [-0.39, 0.29) is 48.0 Å². The zero-order chi connectivity index (χ0) is 29.1. The van der Waals surface area contributed by atoms with Crippen LogP contribution >= 0.6 is 0 Å². The largest absolute Gasteiger partial charge is 0.386 e. The minimum absolute atomic E-state index is 0.0418. The van der Waals surface area contributed by atoms with Crippen molar-refractivity contribution in [3.05, 3.63) is 42.2 Å². The number of hydrogen-bond donors (Lipinski definition) is 3. The molecule has 2 rings (SSSR count). The zero-order valence-corrected chi connectivity index (χ0v) is 23.1. The fourth-order valence-corrected chi connectivity index (χ4v) is 4.94. The van der Waals surface area contributed by atoms with E-state index in [9.17, 15) is 28.4 Å². The summed E-state index contributed by atoms with van der Waals surface area (Å²) in [6.45, 7) is 8.31. The molecular formula is C29H41FN4O5. The molecule has 1 aromatic rings. The molecule has 1 fully saturated rings. The Morgan fingerprint density at radius 2 is 1.90 bits per heavy atom. The summed E-state index contributed by atoms with van der Waals surface area (Å²) in [5.74, 6) is -2.95. The minimum atomic E-state index is -1.15. The number of alkyl halides is 1. The molecule has 4 N–H and O–H groups in total. The third-order valence-corrected chi connectivity index (χ3v) is 7.06. The second-order valence-electron chi connectivity index (χ2n) is 10.5. The number of anilines is 1. The topological polar surface area (TPSA) is 139 Å². The van der Waals surface area contributed by atoms with Gasteiger partial charge in [0.25, 0.3) is 0 Å². The van der Waals surface area contributed by atoms with Crippen LogP contribution in [0.2, 0.25) is 0 Å². The van der Waals surface area contributed by atoms with Crippen LogP contribution < -0.4 is 16.4 Å². The first-order valence-corrected chi connectivity index (χ1v) is 13.5. The number of rotatable bonds is 16. The van der Waals surface area contributed by atoms with Crippen molar-refractivity contribution in [3.63, 3.8) is 0 Å². The summed E-state index contributed by atoms with van der Waals surface area (Å²) in [6, 6.07) is 5.86. The van der Waals surface area contributed by atoms with E-state index in [4.69, 9.17) is 5.73 Å². The van der Waals surface area contributed by atoms with E-state index in [0.717, 1.165) is 0 Å². The first-order valence-electron chi connectivity index (χ1n) is 13.5. The highest BCUT2D eigenvalue weighted by molar-refractivity contribution is 6.01. The van der Waals surface area contributed by atoms with Crippen molar-refractivity contribution in [2.75, 3.05) is 25.1 Å². The fraction of sp³-hybridized carbons (Fsp3) is 0.552. The molecule has 1 saturated heterocycles. The summed E-state index contributed by atoms with van der Waals surface area (Å²) < 4.78 is 13.2. The standard InChI is InChI=1S/C29H41FN4O5/c1-18(2)24(16-26(36)21-8-5-10-23(14-21)33-20(4)35)29(39)34-13-7-11-25(34)27(37)15-22(28(38)17-30)9-6-12-32-19(3)31/h5,8,10,14,18,22,24-25,32H,3,6-7,9,11-13,15-17,31H2,1-2,4H3,(H,33,35)/t22-,24+,25+/m1/s1. The predicted octanol–water partition coefficient (Wildman–Crippen LogP) is 3.39. The molecule has 0 aromatic heterocycles. The molecule has 1 aliphatic heterocycles. The molecule has 1 heterocycles. The lowest BCUT2D eigenvalue weighted by Gasteiger charge is -2.30. The lowest BCUT2D eigenvalue weighted by molar-refractivity contribution is -0.142. The average molecular weight is 545 g/mol. The van der Waals surface area contributed by atoms with Crippen molar-refractivity contribution in [2.45, 2.75) is 65.3 Å². The number of nitrogens with zero attached hydrogens (tertiary/aromatic N) is 1. The molecule has 214 valence electrons. The quantitative estimate of drug-likeness (QED) is 0.214. The van der Waals surface area contributed by atoms with Gasteiger partial charge in [-0.3, -0.25) is 24.0 Å². The Morgan fingerprint density at radius 1 is 1.18 bits per heavy atom.